The lowest BCUT2D eigenvalue weighted by Crippen LogP contribution is -2.11. The summed E-state index contributed by atoms with van der Waals surface area (Å²) in [7, 11) is -9.46. The zero-order valence-corrected chi connectivity index (χ0v) is 9.29. The molecular weight excluding hydrogens is 260 g/mol. The van der Waals surface area contributed by atoms with Crippen molar-refractivity contribution >= 4 is 31.6 Å². The molecule has 8 nitrogen and oxygen atoms in total. The van der Waals surface area contributed by atoms with Crippen LogP contribution in [-0.2, 0) is 20.2 Å². The van der Waals surface area contributed by atoms with Gasteiger partial charge in [0.05, 0.1) is 11.4 Å². The van der Waals surface area contributed by atoms with Crippen LogP contribution < -0.4 is 11.5 Å². The minimum absolute atomic E-state index is 0.424. The van der Waals surface area contributed by atoms with Gasteiger partial charge in [-0.2, -0.15) is 16.8 Å². The van der Waals surface area contributed by atoms with Crippen LogP contribution in [0.25, 0.3) is 0 Å². The summed E-state index contributed by atoms with van der Waals surface area (Å²) in [6, 6.07) is 1.72. The van der Waals surface area contributed by atoms with E-state index in [0.717, 1.165) is 12.1 Å². The van der Waals surface area contributed by atoms with Gasteiger partial charge in [-0.3, -0.25) is 9.11 Å². The maximum absolute atomic E-state index is 10.9. The highest BCUT2D eigenvalue weighted by Crippen LogP contribution is 2.30. The number of nitrogen functional groups attached to an aromatic ring is 2. The molecule has 6 N–H and O–H groups in total. The average molecular weight is 268 g/mol. The van der Waals surface area contributed by atoms with Gasteiger partial charge in [0, 0.05) is 0 Å². The number of hydrogen-bond acceptors (Lipinski definition) is 6. The second-order valence-electron chi connectivity index (χ2n) is 2.85. The van der Waals surface area contributed by atoms with Crippen LogP contribution in [0.5, 0.6) is 0 Å². The summed E-state index contributed by atoms with van der Waals surface area (Å²) >= 11 is 0. The Labute approximate surface area is 91.4 Å². The second kappa shape index (κ2) is 3.59. The van der Waals surface area contributed by atoms with E-state index in [-0.39, 0.29) is 0 Å². The Hall–Kier alpha value is -1.36. The van der Waals surface area contributed by atoms with Gasteiger partial charge in [-0.1, -0.05) is 0 Å². The quantitative estimate of drug-likeness (QED) is 0.406. The molecule has 1 aromatic carbocycles. The molecule has 90 valence electrons. The lowest BCUT2D eigenvalue weighted by atomic mass is 10.3. The number of hydrogen-bond donors (Lipinski definition) is 4. The molecule has 0 radical (unpaired) electrons. The lowest BCUT2D eigenvalue weighted by Gasteiger charge is -2.09. The first-order valence-electron chi connectivity index (χ1n) is 3.68. The molecular formula is C6H8N2O6S2. The van der Waals surface area contributed by atoms with Crippen LogP contribution in [-0.4, -0.2) is 25.9 Å². The van der Waals surface area contributed by atoms with E-state index in [1.54, 1.807) is 0 Å². The van der Waals surface area contributed by atoms with Crippen molar-refractivity contribution < 1.29 is 25.9 Å². The van der Waals surface area contributed by atoms with E-state index in [0.29, 0.717) is 0 Å². The maximum atomic E-state index is 10.9. The first-order valence-corrected chi connectivity index (χ1v) is 6.56. The molecule has 0 aromatic heterocycles. The predicted molar refractivity (Wildman–Crippen MR) is 54.9 cm³/mol. The topological polar surface area (TPSA) is 161 Å². The number of anilines is 2. The normalized spacial score (nSPS) is 12.6. The van der Waals surface area contributed by atoms with Gasteiger partial charge in [0.2, 0.25) is 0 Å². The number of rotatable bonds is 2. The predicted octanol–water partition coefficient (Wildman–Crippen LogP) is -0.656. The molecule has 0 spiro atoms. The molecule has 16 heavy (non-hydrogen) atoms. The molecule has 0 unspecified atom stereocenters. The van der Waals surface area contributed by atoms with E-state index in [2.05, 4.69) is 0 Å². The summed E-state index contributed by atoms with van der Waals surface area (Å²) in [5.41, 5.74) is 9.17. The van der Waals surface area contributed by atoms with Gasteiger partial charge in [-0.15, -0.1) is 0 Å². The summed E-state index contributed by atoms with van der Waals surface area (Å²) < 4.78 is 60.9. The van der Waals surface area contributed by atoms with Crippen molar-refractivity contribution in [2.75, 3.05) is 11.5 Å². The number of benzene rings is 1. The third-order valence-electron chi connectivity index (χ3n) is 1.72. The molecule has 0 amide bonds. The van der Waals surface area contributed by atoms with Crippen molar-refractivity contribution in [3.8, 4) is 0 Å². The van der Waals surface area contributed by atoms with E-state index in [1.807, 2.05) is 0 Å². The maximum Gasteiger partial charge on any atom is 0.298 e. The van der Waals surface area contributed by atoms with E-state index in [1.165, 1.54) is 0 Å². The summed E-state index contributed by atoms with van der Waals surface area (Å²) in [5.74, 6) is 0. The molecule has 0 saturated carbocycles. The highest BCUT2D eigenvalue weighted by molar-refractivity contribution is 7.87. The van der Waals surface area contributed by atoms with Gasteiger partial charge in [-0.25, -0.2) is 0 Å². The highest BCUT2D eigenvalue weighted by atomic mass is 32.2. The van der Waals surface area contributed by atoms with Crippen molar-refractivity contribution in [3.63, 3.8) is 0 Å². The Balaban J connectivity index is 3.79. The molecule has 0 fully saturated rings. The summed E-state index contributed by atoms with van der Waals surface area (Å²) in [4.78, 5) is -1.78. The van der Waals surface area contributed by atoms with Gasteiger partial charge in [0.1, 0.15) is 9.79 Å². The average Bonchev–Trinajstić information content (AvgIpc) is 1.97. The van der Waals surface area contributed by atoms with Crippen molar-refractivity contribution in [2.45, 2.75) is 9.79 Å². The zero-order chi connectivity index (χ0) is 12.7. The second-order valence-corrected chi connectivity index (χ2v) is 5.59. The van der Waals surface area contributed by atoms with Crippen LogP contribution >= 0.6 is 0 Å². The fraction of sp³-hybridized carbons (Fsp3) is 0. The third kappa shape index (κ3) is 2.24. The molecule has 0 aliphatic carbocycles. The molecule has 0 heterocycles. The Bertz CT molecular complexity index is 633. The van der Waals surface area contributed by atoms with Crippen molar-refractivity contribution in [3.05, 3.63) is 12.1 Å². The Morgan fingerprint density at radius 2 is 1.44 bits per heavy atom. The molecule has 0 aliphatic heterocycles. The van der Waals surface area contributed by atoms with Crippen LogP contribution in [0.3, 0.4) is 0 Å². The fourth-order valence-electron chi connectivity index (χ4n) is 1.11. The minimum atomic E-state index is -4.77. The molecule has 0 bridgehead atoms. The lowest BCUT2D eigenvalue weighted by molar-refractivity contribution is 0.482. The third-order valence-corrected chi connectivity index (χ3v) is 3.61. The van der Waals surface area contributed by atoms with E-state index >= 15 is 0 Å². The van der Waals surface area contributed by atoms with Crippen LogP contribution in [0.1, 0.15) is 0 Å². The standard InChI is InChI=1S/C6H8N2O6S2/c7-3-1-2-4(15(9,10)11)5(8)6(3)16(12,13)14/h1-2H,7-8H2,(H,9,10,11)(H,12,13,14). The van der Waals surface area contributed by atoms with Crippen LogP contribution in [0, 0.1) is 0 Å². The molecule has 0 atom stereocenters. The van der Waals surface area contributed by atoms with Crippen molar-refractivity contribution in [1.82, 2.24) is 0 Å². The first kappa shape index (κ1) is 12.7. The molecule has 0 aliphatic rings. The smallest absolute Gasteiger partial charge is 0.298 e. The van der Waals surface area contributed by atoms with Gasteiger partial charge in [0.15, 0.2) is 0 Å². The number of nitrogens with two attached hydrogens (primary N) is 2. The summed E-state index contributed by atoms with van der Waals surface area (Å²) in [6.45, 7) is 0. The molecule has 1 rings (SSSR count). The Morgan fingerprint density at radius 3 is 1.81 bits per heavy atom. The van der Waals surface area contributed by atoms with Gasteiger partial charge < -0.3 is 11.5 Å². The SMILES string of the molecule is Nc1ccc(S(=O)(=O)O)c(N)c1S(=O)(=O)O. The van der Waals surface area contributed by atoms with E-state index in [4.69, 9.17) is 20.6 Å². The van der Waals surface area contributed by atoms with Crippen LogP contribution in [0.4, 0.5) is 11.4 Å². The largest absolute Gasteiger partial charge is 0.398 e. The van der Waals surface area contributed by atoms with Crippen LogP contribution in [0.2, 0.25) is 0 Å². The van der Waals surface area contributed by atoms with Gasteiger partial charge >= 0.3 is 0 Å². The van der Waals surface area contributed by atoms with E-state index < -0.39 is 41.4 Å². The molecule has 10 heteroatoms. The van der Waals surface area contributed by atoms with Gasteiger partial charge in [-0.05, 0) is 12.1 Å². The van der Waals surface area contributed by atoms with E-state index in [9.17, 15) is 16.8 Å². The van der Waals surface area contributed by atoms with Gasteiger partial charge in [0.25, 0.3) is 20.2 Å². The fourth-order valence-corrected chi connectivity index (χ4v) is 2.55. The first-order chi connectivity index (χ1) is 7.05. The molecule has 0 saturated heterocycles. The Kier molecular flexibility index (Phi) is 2.85. The summed E-state index contributed by atoms with van der Waals surface area (Å²) in [5, 5.41) is 0. The van der Waals surface area contributed by atoms with Crippen LogP contribution in [0.15, 0.2) is 21.9 Å². The van der Waals surface area contributed by atoms with Crippen molar-refractivity contribution in [1.29, 1.82) is 0 Å². The zero-order valence-electron chi connectivity index (χ0n) is 7.65. The van der Waals surface area contributed by atoms with Crippen molar-refractivity contribution in [2.24, 2.45) is 0 Å². The minimum Gasteiger partial charge on any atom is -0.398 e. The molecule has 1 aromatic rings. The Morgan fingerprint density at radius 1 is 0.938 bits per heavy atom. The summed E-state index contributed by atoms with van der Waals surface area (Å²) in [6.07, 6.45) is 0. The monoisotopic (exact) mass is 268 g/mol. The highest BCUT2D eigenvalue weighted by Gasteiger charge is 2.25.